The lowest BCUT2D eigenvalue weighted by Gasteiger charge is -2.06. The number of hydrogen-bond acceptors (Lipinski definition) is 2. The molecule has 0 amide bonds. The summed E-state index contributed by atoms with van der Waals surface area (Å²) in [6.07, 6.45) is 3.02. The first-order valence-electron chi connectivity index (χ1n) is 3.88. The van der Waals surface area contributed by atoms with Crippen molar-refractivity contribution in [3.8, 4) is 0 Å². The molecule has 3 nitrogen and oxygen atoms in total. The molecule has 0 aliphatic rings. The van der Waals surface area contributed by atoms with Crippen LogP contribution in [0.5, 0.6) is 0 Å². The zero-order valence-corrected chi connectivity index (χ0v) is 6.81. The molecule has 0 saturated carbocycles. The highest BCUT2D eigenvalue weighted by molar-refractivity contribution is 5.45. The molecule has 2 rings (SSSR count). The quantitative estimate of drug-likeness (QED) is 0.688. The number of aliphatic hydroxyl groups excluding tert-OH is 1. The fourth-order valence-electron chi connectivity index (χ4n) is 1.31. The van der Waals surface area contributed by atoms with Crippen LogP contribution in [0.2, 0.25) is 0 Å². The largest absolute Gasteiger partial charge is 0.387 e. The van der Waals surface area contributed by atoms with Crippen LogP contribution in [0.4, 0.5) is 0 Å². The van der Waals surface area contributed by atoms with Crippen molar-refractivity contribution in [3.63, 3.8) is 0 Å². The van der Waals surface area contributed by atoms with Gasteiger partial charge in [0.05, 0.1) is 29.8 Å². The molecular weight excluding hydrogens is 152 g/mol. The molecule has 2 aromatic heterocycles. The second-order valence-corrected chi connectivity index (χ2v) is 2.82. The number of fused-ring (bicyclic) bond motifs is 1. The van der Waals surface area contributed by atoms with Crippen molar-refractivity contribution in [1.29, 1.82) is 0 Å². The van der Waals surface area contributed by atoms with Crippen LogP contribution in [0.3, 0.4) is 0 Å². The third-order valence-corrected chi connectivity index (χ3v) is 1.91. The molecule has 0 spiro atoms. The fourth-order valence-corrected chi connectivity index (χ4v) is 1.31. The van der Waals surface area contributed by atoms with E-state index >= 15 is 0 Å². The minimum Gasteiger partial charge on any atom is -0.387 e. The maximum Gasteiger partial charge on any atom is 0.0995 e. The molecule has 62 valence electrons. The molecule has 12 heavy (non-hydrogen) atoms. The maximum absolute atomic E-state index is 9.39. The Balaban J connectivity index is 2.73. The lowest BCUT2D eigenvalue weighted by atomic mass is 10.2. The number of pyridine rings is 1. The molecule has 2 heterocycles. The monoisotopic (exact) mass is 162 g/mol. The molecule has 1 N–H and O–H groups in total. The number of nitrogens with zero attached hydrogens (tertiary/aromatic N) is 2. The van der Waals surface area contributed by atoms with Crippen molar-refractivity contribution in [1.82, 2.24) is 9.38 Å². The van der Waals surface area contributed by atoms with Gasteiger partial charge in [0.2, 0.25) is 0 Å². The van der Waals surface area contributed by atoms with Crippen LogP contribution in [0.1, 0.15) is 18.7 Å². The van der Waals surface area contributed by atoms with Gasteiger partial charge in [0.1, 0.15) is 0 Å². The fraction of sp³-hybridized carbons (Fsp3) is 0.222. The summed E-state index contributed by atoms with van der Waals surface area (Å²) in [6, 6.07) is 5.76. The standard InChI is InChI=1S/C9H10N2O/c1-7(12)9-4-2-3-8-5-10-6-11(8)9/h2-7,12H,1H3/t7-/m0/s1. The van der Waals surface area contributed by atoms with Crippen molar-refractivity contribution in [2.45, 2.75) is 13.0 Å². The molecule has 1 atom stereocenters. The van der Waals surface area contributed by atoms with E-state index in [9.17, 15) is 5.11 Å². The average Bonchev–Trinajstić information content (AvgIpc) is 2.49. The molecule has 2 aromatic rings. The Hall–Kier alpha value is -1.35. The summed E-state index contributed by atoms with van der Waals surface area (Å²) in [6.45, 7) is 1.74. The minimum absolute atomic E-state index is 0.456. The van der Waals surface area contributed by atoms with Crippen LogP contribution in [0.15, 0.2) is 30.7 Å². The Kier molecular flexibility index (Phi) is 1.59. The van der Waals surface area contributed by atoms with Crippen LogP contribution >= 0.6 is 0 Å². The SMILES string of the molecule is C[C@H](O)c1cccc2cncn12. The van der Waals surface area contributed by atoms with Gasteiger partial charge in [-0.05, 0) is 19.1 Å². The highest BCUT2D eigenvalue weighted by Gasteiger charge is 2.04. The minimum atomic E-state index is -0.456. The summed E-state index contributed by atoms with van der Waals surface area (Å²) >= 11 is 0. The summed E-state index contributed by atoms with van der Waals surface area (Å²) in [5.74, 6) is 0. The van der Waals surface area contributed by atoms with Crippen LogP contribution < -0.4 is 0 Å². The lowest BCUT2D eigenvalue weighted by molar-refractivity contribution is 0.193. The highest BCUT2D eigenvalue weighted by Crippen LogP contribution is 2.13. The molecule has 0 fully saturated rings. The predicted molar refractivity (Wildman–Crippen MR) is 45.8 cm³/mol. The van der Waals surface area contributed by atoms with E-state index in [0.717, 1.165) is 11.2 Å². The normalized spacial score (nSPS) is 13.5. The van der Waals surface area contributed by atoms with Crippen LogP contribution in [-0.4, -0.2) is 14.5 Å². The van der Waals surface area contributed by atoms with Crippen molar-refractivity contribution >= 4 is 5.52 Å². The summed E-state index contributed by atoms with van der Waals surface area (Å²) in [4.78, 5) is 4.00. The molecule has 3 heteroatoms. The van der Waals surface area contributed by atoms with Gasteiger partial charge in [-0.3, -0.25) is 0 Å². The first-order chi connectivity index (χ1) is 5.79. The number of rotatable bonds is 1. The molecule has 0 aliphatic carbocycles. The van der Waals surface area contributed by atoms with Crippen molar-refractivity contribution in [2.24, 2.45) is 0 Å². The van der Waals surface area contributed by atoms with E-state index in [-0.39, 0.29) is 0 Å². The summed E-state index contributed by atoms with van der Waals surface area (Å²) in [7, 11) is 0. The van der Waals surface area contributed by atoms with Crippen molar-refractivity contribution in [2.75, 3.05) is 0 Å². The number of aromatic nitrogens is 2. The number of imidazole rings is 1. The second-order valence-electron chi connectivity index (χ2n) is 2.82. The van der Waals surface area contributed by atoms with Gasteiger partial charge in [0.25, 0.3) is 0 Å². The van der Waals surface area contributed by atoms with E-state index in [0.29, 0.717) is 0 Å². The Labute approximate surface area is 70.3 Å². The zero-order chi connectivity index (χ0) is 8.55. The molecular formula is C9H10N2O. The van der Waals surface area contributed by atoms with E-state index < -0.39 is 6.10 Å². The van der Waals surface area contributed by atoms with Gasteiger partial charge >= 0.3 is 0 Å². The van der Waals surface area contributed by atoms with E-state index in [1.54, 1.807) is 19.4 Å². The number of aliphatic hydroxyl groups is 1. The van der Waals surface area contributed by atoms with E-state index in [1.807, 2.05) is 22.6 Å². The van der Waals surface area contributed by atoms with Gasteiger partial charge in [0, 0.05) is 0 Å². The van der Waals surface area contributed by atoms with Gasteiger partial charge < -0.3 is 9.51 Å². The van der Waals surface area contributed by atoms with Gasteiger partial charge in [0.15, 0.2) is 0 Å². The molecule has 0 bridgehead atoms. The van der Waals surface area contributed by atoms with Gasteiger partial charge in [-0.15, -0.1) is 0 Å². The van der Waals surface area contributed by atoms with Crippen molar-refractivity contribution < 1.29 is 5.11 Å². The Morgan fingerprint density at radius 3 is 3.08 bits per heavy atom. The van der Waals surface area contributed by atoms with Gasteiger partial charge in [-0.25, -0.2) is 4.98 Å². The van der Waals surface area contributed by atoms with Gasteiger partial charge in [-0.2, -0.15) is 0 Å². The summed E-state index contributed by atoms with van der Waals surface area (Å²) in [5, 5.41) is 9.39. The maximum atomic E-state index is 9.39. The number of hydrogen-bond donors (Lipinski definition) is 1. The molecule has 0 saturated heterocycles. The molecule has 0 aliphatic heterocycles. The van der Waals surface area contributed by atoms with Gasteiger partial charge in [-0.1, -0.05) is 6.07 Å². The zero-order valence-electron chi connectivity index (χ0n) is 6.81. The topological polar surface area (TPSA) is 37.5 Å². The van der Waals surface area contributed by atoms with Crippen molar-refractivity contribution in [3.05, 3.63) is 36.4 Å². The average molecular weight is 162 g/mol. The first-order valence-corrected chi connectivity index (χ1v) is 3.88. The predicted octanol–water partition coefficient (Wildman–Crippen LogP) is 1.39. The third kappa shape index (κ3) is 0.987. The van der Waals surface area contributed by atoms with Crippen LogP contribution in [0, 0.1) is 0 Å². The molecule has 0 radical (unpaired) electrons. The Morgan fingerprint density at radius 1 is 1.50 bits per heavy atom. The molecule has 0 aromatic carbocycles. The third-order valence-electron chi connectivity index (χ3n) is 1.91. The molecule has 0 unspecified atom stereocenters. The van der Waals surface area contributed by atoms with Crippen LogP contribution in [0.25, 0.3) is 5.52 Å². The second kappa shape index (κ2) is 2.60. The van der Waals surface area contributed by atoms with E-state index in [1.165, 1.54) is 0 Å². The highest BCUT2D eigenvalue weighted by atomic mass is 16.3. The smallest absolute Gasteiger partial charge is 0.0995 e. The Bertz CT molecular complexity index is 392. The first kappa shape index (κ1) is 7.31. The lowest BCUT2D eigenvalue weighted by Crippen LogP contribution is -1.98. The Morgan fingerprint density at radius 2 is 2.33 bits per heavy atom. The van der Waals surface area contributed by atoms with E-state index in [4.69, 9.17) is 0 Å². The van der Waals surface area contributed by atoms with Crippen LogP contribution in [-0.2, 0) is 0 Å². The summed E-state index contributed by atoms with van der Waals surface area (Å²) in [5.41, 5.74) is 1.87. The summed E-state index contributed by atoms with van der Waals surface area (Å²) < 4.78 is 1.88. The van der Waals surface area contributed by atoms with E-state index in [2.05, 4.69) is 4.98 Å².